The van der Waals surface area contributed by atoms with E-state index in [0.717, 1.165) is 21.9 Å². The van der Waals surface area contributed by atoms with E-state index >= 15 is 0 Å². The molecule has 0 saturated heterocycles. The maximum absolute atomic E-state index is 13.9. The molecule has 10 heteroatoms. The summed E-state index contributed by atoms with van der Waals surface area (Å²) in [7, 11) is -3.60. The van der Waals surface area contributed by atoms with Gasteiger partial charge in [0.2, 0.25) is 21.8 Å². The second kappa shape index (κ2) is 14.3. The van der Waals surface area contributed by atoms with E-state index in [1.807, 2.05) is 75.4 Å². The first kappa shape index (κ1) is 32.6. The van der Waals surface area contributed by atoms with Crippen LogP contribution in [0.15, 0.2) is 83.3 Å². The molecular weight excluding hydrogens is 626 g/mol. The highest BCUT2D eigenvalue weighted by molar-refractivity contribution is 9.10. The largest absolute Gasteiger partial charge is 0.350 e. The maximum atomic E-state index is 13.9. The van der Waals surface area contributed by atoms with Crippen molar-refractivity contribution in [2.75, 3.05) is 17.1 Å². The topological polar surface area (TPSA) is 86.8 Å². The van der Waals surface area contributed by atoms with Gasteiger partial charge in [-0.1, -0.05) is 70.0 Å². The molecule has 3 aromatic carbocycles. The van der Waals surface area contributed by atoms with Crippen LogP contribution in [0.5, 0.6) is 0 Å². The van der Waals surface area contributed by atoms with Gasteiger partial charge in [0.1, 0.15) is 6.04 Å². The van der Waals surface area contributed by atoms with Gasteiger partial charge >= 0.3 is 0 Å². The molecule has 0 aliphatic heterocycles. The molecule has 1 atom stereocenters. The zero-order valence-corrected chi connectivity index (χ0v) is 27.0. The lowest BCUT2D eigenvalue weighted by Crippen LogP contribution is -2.54. The molecule has 0 radical (unpaired) electrons. The third kappa shape index (κ3) is 10.5. The summed E-state index contributed by atoms with van der Waals surface area (Å²) in [5.74, 6) is -0.483. The van der Waals surface area contributed by atoms with Crippen molar-refractivity contribution in [2.45, 2.75) is 58.2 Å². The maximum Gasteiger partial charge on any atom is 0.243 e. The Morgan fingerprint density at radius 2 is 1.59 bits per heavy atom. The van der Waals surface area contributed by atoms with Crippen molar-refractivity contribution in [1.29, 1.82) is 0 Å². The fourth-order valence-electron chi connectivity index (χ4n) is 4.45. The number of rotatable bonds is 12. The Morgan fingerprint density at radius 3 is 2.17 bits per heavy atom. The fraction of sp³-hybridized carbons (Fsp3) is 0.355. The zero-order chi connectivity index (χ0) is 30.2. The minimum absolute atomic E-state index is 0.0572. The van der Waals surface area contributed by atoms with Crippen LogP contribution in [0.4, 0.5) is 5.69 Å². The number of nitrogens with one attached hydrogen (secondary N) is 1. The summed E-state index contributed by atoms with van der Waals surface area (Å²) in [5.41, 5.74) is 1.78. The van der Waals surface area contributed by atoms with Crippen LogP contribution in [0.2, 0.25) is 5.02 Å². The highest BCUT2D eigenvalue weighted by Gasteiger charge is 2.32. The van der Waals surface area contributed by atoms with Crippen molar-refractivity contribution >= 4 is 55.1 Å². The second-order valence-corrected chi connectivity index (χ2v) is 14.3. The van der Waals surface area contributed by atoms with Crippen molar-refractivity contribution in [3.8, 4) is 0 Å². The number of carbonyl (C=O) groups is 2. The molecule has 3 aromatic rings. The van der Waals surface area contributed by atoms with Crippen LogP contribution >= 0.6 is 27.5 Å². The number of halogens is 2. The highest BCUT2D eigenvalue weighted by Crippen LogP contribution is 2.23. The molecule has 1 N–H and O–H groups in total. The number of hydrogen-bond acceptors (Lipinski definition) is 4. The summed E-state index contributed by atoms with van der Waals surface area (Å²) in [6, 6.07) is 23.0. The quantitative estimate of drug-likeness (QED) is 0.250. The van der Waals surface area contributed by atoms with Crippen molar-refractivity contribution < 1.29 is 18.0 Å². The van der Waals surface area contributed by atoms with Crippen LogP contribution in [0, 0.1) is 0 Å². The Hall–Kier alpha value is -2.88. The van der Waals surface area contributed by atoms with E-state index < -0.39 is 21.6 Å². The molecule has 0 saturated carbocycles. The Morgan fingerprint density at radius 1 is 0.951 bits per heavy atom. The molecule has 0 bridgehead atoms. The van der Waals surface area contributed by atoms with Gasteiger partial charge in [0.25, 0.3) is 0 Å². The van der Waals surface area contributed by atoms with Gasteiger partial charge in [0.15, 0.2) is 0 Å². The van der Waals surface area contributed by atoms with Gasteiger partial charge in [0.05, 0.1) is 11.9 Å². The zero-order valence-electron chi connectivity index (χ0n) is 23.8. The van der Waals surface area contributed by atoms with Crippen molar-refractivity contribution in [3.63, 3.8) is 0 Å². The normalized spacial score (nSPS) is 12.4. The first-order valence-electron chi connectivity index (χ1n) is 13.4. The number of amides is 2. The van der Waals surface area contributed by atoms with Crippen LogP contribution in [0.3, 0.4) is 0 Å². The molecular formula is C31H37BrClN3O4S. The van der Waals surface area contributed by atoms with Crippen LogP contribution in [0.25, 0.3) is 0 Å². The van der Waals surface area contributed by atoms with E-state index in [9.17, 15) is 18.0 Å². The average Bonchev–Trinajstić information content (AvgIpc) is 2.88. The van der Waals surface area contributed by atoms with Gasteiger partial charge in [-0.2, -0.15) is 0 Å². The lowest BCUT2D eigenvalue weighted by atomic mass is 10.00. The third-order valence-corrected chi connectivity index (χ3v) is 8.22. The van der Waals surface area contributed by atoms with Gasteiger partial charge in [-0.15, -0.1) is 0 Å². The molecule has 0 spiro atoms. The van der Waals surface area contributed by atoms with Crippen molar-refractivity contribution in [1.82, 2.24) is 10.2 Å². The Kier molecular flexibility index (Phi) is 11.4. The number of benzene rings is 3. The summed E-state index contributed by atoms with van der Waals surface area (Å²) in [5, 5.41) is 3.55. The number of anilines is 1. The molecule has 0 unspecified atom stereocenters. The Bertz CT molecular complexity index is 1430. The molecule has 0 aromatic heterocycles. The Labute approximate surface area is 257 Å². The van der Waals surface area contributed by atoms with Gasteiger partial charge in [0, 0.05) is 41.0 Å². The first-order valence-corrected chi connectivity index (χ1v) is 16.4. The van der Waals surface area contributed by atoms with E-state index in [-0.39, 0.29) is 37.7 Å². The summed E-state index contributed by atoms with van der Waals surface area (Å²) < 4.78 is 27.3. The number of sulfonamides is 1. The summed E-state index contributed by atoms with van der Waals surface area (Å²) in [6.07, 6.45) is 1.79. The van der Waals surface area contributed by atoms with E-state index in [2.05, 4.69) is 21.2 Å². The number of carbonyl (C=O) groups excluding carboxylic acids is 2. The van der Waals surface area contributed by atoms with Gasteiger partial charge in [-0.05, 0) is 74.7 Å². The second-order valence-electron chi connectivity index (χ2n) is 11.0. The molecule has 0 heterocycles. The van der Waals surface area contributed by atoms with E-state index in [0.29, 0.717) is 17.1 Å². The minimum atomic E-state index is -3.60. The standard InChI is InChI=1S/C31H37BrClN3O4S/c1-31(2,3)34-30(38)28(21-23-10-6-5-7-11-23)35(22-24-12-8-13-25(32)20-24)29(37)14-9-19-36(41(4,39)40)27-17-15-26(33)16-18-27/h5-8,10-13,15-18,20,28H,9,14,19,21-22H2,1-4H3,(H,34,38)/t28-/m0/s1. The number of nitrogens with zero attached hydrogens (tertiary/aromatic N) is 2. The van der Waals surface area contributed by atoms with Gasteiger partial charge in [-0.25, -0.2) is 8.42 Å². The SMILES string of the molecule is CC(C)(C)NC(=O)[C@H](Cc1ccccc1)N(Cc1cccc(Br)c1)C(=O)CCCN(c1ccc(Cl)cc1)S(C)(=O)=O. The smallest absolute Gasteiger partial charge is 0.243 e. The summed E-state index contributed by atoms with van der Waals surface area (Å²) in [6.45, 7) is 6.04. The van der Waals surface area contributed by atoms with Crippen LogP contribution in [-0.2, 0) is 32.6 Å². The predicted molar refractivity (Wildman–Crippen MR) is 169 cm³/mol. The molecule has 3 rings (SSSR count). The lowest BCUT2D eigenvalue weighted by molar-refractivity contribution is -0.142. The molecule has 0 fully saturated rings. The van der Waals surface area contributed by atoms with E-state index in [4.69, 9.17) is 11.6 Å². The van der Waals surface area contributed by atoms with E-state index in [1.54, 1.807) is 29.2 Å². The monoisotopic (exact) mass is 661 g/mol. The minimum Gasteiger partial charge on any atom is -0.350 e. The van der Waals surface area contributed by atoms with Gasteiger partial charge in [-0.3, -0.25) is 13.9 Å². The number of hydrogen-bond donors (Lipinski definition) is 1. The highest BCUT2D eigenvalue weighted by atomic mass is 79.9. The Balaban J connectivity index is 1.90. The van der Waals surface area contributed by atoms with Gasteiger partial charge < -0.3 is 10.2 Å². The summed E-state index contributed by atoms with van der Waals surface area (Å²) in [4.78, 5) is 29.2. The molecule has 2 amide bonds. The molecule has 7 nitrogen and oxygen atoms in total. The van der Waals surface area contributed by atoms with Crippen LogP contribution in [0.1, 0.15) is 44.7 Å². The lowest BCUT2D eigenvalue weighted by Gasteiger charge is -2.34. The average molecular weight is 663 g/mol. The first-order chi connectivity index (χ1) is 19.2. The van der Waals surface area contributed by atoms with E-state index in [1.165, 1.54) is 4.31 Å². The molecule has 0 aliphatic carbocycles. The summed E-state index contributed by atoms with van der Waals surface area (Å²) >= 11 is 9.49. The molecule has 220 valence electrons. The third-order valence-electron chi connectivity index (χ3n) is 6.28. The van der Waals surface area contributed by atoms with Crippen molar-refractivity contribution in [3.05, 3.63) is 99.5 Å². The predicted octanol–water partition coefficient (Wildman–Crippen LogP) is 6.20. The van der Waals surface area contributed by atoms with Crippen LogP contribution < -0.4 is 9.62 Å². The molecule has 0 aliphatic rings. The fourth-order valence-corrected chi connectivity index (χ4v) is 5.99. The van der Waals surface area contributed by atoms with Crippen molar-refractivity contribution in [2.24, 2.45) is 0 Å². The molecule has 41 heavy (non-hydrogen) atoms. The van der Waals surface area contributed by atoms with Crippen LogP contribution in [-0.4, -0.2) is 49.5 Å².